The summed E-state index contributed by atoms with van der Waals surface area (Å²) in [5.74, 6) is 1.47. The van der Waals surface area contributed by atoms with E-state index in [4.69, 9.17) is 11.1 Å². The molecule has 1 saturated heterocycles. The largest absolute Gasteiger partial charge is 0.405 e. The predicted molar refractivity (Wildman–Crippen MR) is 109 cm³/mol. The molecule has 0 aliphatic carbocycles. The predicted octanol–water partition coefficient (Wildman–Crippen LogP) is 2.42. The van der Waals surface area contributed by atoms with E-state index in [0.717, 1.165) is 48.6 Å². The maximum absolute atomic E-state index is 12.3. The molecule has 26 heavy (non-hydrogen) atoms. The van der Waals surface area contributed by atoms with Crippen LogP contribution in [-0.2, 0) is 5.75 Å². The van der Waals surface area contributed by atoms with Crippen LogP contribution in [0.25, 0.3) is 10.9 Å². The van der Waals surface area contributed by atoms with E-state index in [1.807, 2.05) is 36.9 Å². The minimum atomic E-state index is -0.0596. The maximum Gasteiger partial charge on any atom is 0.258 e. The zero-order chi connectivity index (χ0) is 18.5. The first-order valence-corrected chi connectivity index (χ1v) is 9.90. The van der Waals surface area contributed by atoms with E-state index < -0.39 is 0 Å². The van der Waals surface area contributed by atoms with Crippen LogP contribution in [-0.4, -0.2) is 45.5 Å². The number of para-hydroxylation sites is 1. The molecule has 2 heterocycles. The Labute approximate surface area is 157 Å². The fourth-order valence-electron chi connectivity index (χ4n) is 3.26. The number of likely N-dealkylation sites (tertiary alicyclic amines) is 1. The first-order valence-electron chi connectivity index (χ1n) is 8.85. The van der Waals surface area contributed by atoms with Crippen molar-refractivity contribution in [2.24, 2.45) is 5.73 Å². The summed E-state index contributed by atoms with van der Waals surface area (Å²) in [7, 11) is 0. The van der Waals surface area contributed by atoms with Crippen molar-refractivity contribution < 1.29 is 0 Å². The molecule has 0 atom stereocenters. The zero-order valence-corrected chi connectivity index (χ0v) is 15.8. The molecule has 6 nitrogen and oxygen atoms in total. The molecule has 0 amide bonds. The van der Waals surface area contributed by atoms with Crippen LogP contribution in [0.3, 0.4) is 0 Å². The van der Waals surface area contributed by atoms with E-state index >= 15 is 0 Å². The number of fused-ring (bicyclic) bond motifs is 1. The average Bonchev–Trinajstić information content (AvgIpc) is 2.62. The molecule has 0 bridgehead atoms. The van der Waals surface area contributed by atoms with E-state index in [9.17, 15) is 4.79 Å². The van der Waals surface area contributed by atoms with E-state index in [1.165, 1.54) is 6.20 Å². The zero-order valence-electron chi connectivity index (χ0n) is 15.0. The third kappa shape index (κ3) is 4.53. The molecule has 2 aromatic rings. The Morgan fingerprint density at radius 2 is 2.23 bits per heavy atom. The summed E-state index contributed by atoms with van der Waals surface area (Å²) in [5.41, 5.74) is 7.65. The Kier molecular flexibility index (Phi) is 6.11. The van der Waals surface area contributed by atoms with Gasteiger partial charge < -0.3 is 16.1 Å². The minimum absolute atomic E-state index is 0.0596. The molecule has 4 N–H and O–H groups in total. The fraction of sp³-hybridized carbons (Fsp3) is 0.421. The number of H-pyrrole nitrogens is 1. The number of nitrogens with one attached hydrogen (secondary N) is 2. The summed E-state index contributed by atoms with van der Waals surface area (Å²) in [6.45, 7) is 4.61. The van der Waals surface area contributed by atoms with Gasteiger partial charge in [-0.15, -0.1) is 0 Å². The lowest BCUT2D eigenvalue weighted by molar-refractivity contribution is 0.263. The van der Waals surface area contributed by atoms with Crippen LogP contribution in [0.1, 0.15) is 24.2 Å². The van der Waals surface area contributed by atoms with Crippen molar-refractivity contribution in [1.82, 2.24) is 14.9 Å². The van der Waals surface area contributed by atoms with E-state index in [-0.39, 0.29) is 5.56 Å². The van der Waals surface area contributed by atoms with Crippen LogP contribution in [0.15, 0.2) is 35.3 Å². The third-order valence-electron chi connectivity index (χ3n) is 4.67. The molecule has 1 aromatic heterocycles. The van der Waals surface area contributed by atoms with Crippen LogP contribution in [0.4, 0.5) is 0 Å². The average molecular weight is 372 g/mol. The number of nitrogens with two attached hydrogens (primary N) is 1. The summed E-state index contributed by atoms with van der Waals surface area (Å²) < 4.78 is 0. The van der Waals surface area contributed by atoms with Gasteiger partial charge in [0.15, 0.2) is 0 Å². The topological polar surface area (TPSA) is 98.9 Å². The number of aromatic amines is 1. The quantitative estimate of drug-likeness (QED) is 0.677. The van der Waals surface area contributed by atoms with E-state index in [2.05, 4.69) is 14.9 Å². The van der Waals surface area contributed by atoms with Crippen molar-refractivity contribution in [3.05, 3.63) is 52.2 Å². The lowest BCUT2D eigenvalue weighted by Crippen LogP contribution is -2.37. The van der Waals surface area contributed by atoms with Gasteiger partial charge in [0.25, 0.3) is 5.56 Å². The van der Waals surface area contributed by atoms with Gasteiger partial charge in [-0.1, -0.05) is 12.1 Å². The molecule has 1 fully saturated rings. The van der Waals surface area contributed by atoms with E-state index in [0.29, 0.717) is 22.9 Å². The summed E-state index contributed by atoms with van der Waals surface area (Å²) in [5, 5.41) is 9.03. The molecule has 138 valence electrons. The first kappa shape index (κ1) is 18.7. The first-order chi connectivity index (χ1) is 12.6. The SMILES string of the molecule is Cc1cccc2c(=O)[nH]c(CSC3CCN(CC(=N)/C=C\N)CC3)nc12. The molecule has 0 unspecified atom stereocenters. The number of aryl methyl sites for hydroxylation is 1. The van der Waals surface area contributed by atoms with Gasteiger partial charge in [-0.2, -0.15) is 11.8 Å². The molecular weight excluding hydrogens is 346 g/mol. The third-order valence-corrected chi connectivity index (χ3v) is 6.05. The molecule has 0 spiro atoms. The Balaban J connectivity index is 1.56. The number of nitrogens with zero attached hydrogens (tertiary/aromatic N) is 2. The highest BCUT2D eigenvalue weighted by Crippen LogP contribution is 2.26. The number of aromatic nitrogens is 2. The standard InChI is InChI=1S/C19H25N5OS/c1-13-3-2-4-16-18(13)22-17(23-19(16)25)12-26-15-6-9-24(10-7-15)11-14(21)5-8-20/h2-5,8,15,21H,6-7,9-12,20H2,1H3,(H,22,23,25)/b8-5-,21-14?. The normalized spacial score (nSPS) is 16.5. The second-order valence-electron chi connectivity index (χ2n) is 6.65. The Morgan fingerprint density at radius 1 is 1.46 bits per heavy atom. The molecule has 7 heteroatoms. The van der Waals surface area contributed by atoms with Crippen LogP contribution >= 0.6 is 11.8 Å². The summed E-state index contributed by atoms with van der Waals surface area (Å²) in [6.07, 6.45) is 5.23. The summed E-state index contributed by atoms with van der Waals surface area (Å²) in [6, 6.07) is 5.69. The number of hydrogen-bond acceptors (Lipinski definition) is 6. The van der Waals surface area contributed by atoms with Gasteiger partial charge in [0.2, 0.25) is 0 Å². The smallest absolute Gasteiger partial charge is 0.258 e. The van der Waals surface area contributed by atoms with Crippen LogP contribution in [0.2, 0.25) is 0 Å². The molecule has 1 aromatic carbocycles. The Bertz CT molecular complexity index is 868. The van der Waals surface area contributed by atoms with E-state index in [1.54, 1.807) is 6.08 Å². The molecule has 3 rings (SSSR count). The van der Waals surface area contributed by atoms with Crippen molar-refractivity contribution in [2.75, 3.05) is 19.6 Å². The van der Waals surface area contributed by atoms with Gasteiger partial charge in [0.05, 0.1) is 16.7 Å². The van der Waals surface area contributed by atoms with Gasteiger partial charge in [-0.05, 0) is 56.8 Å². The number of thioether (sulfide) groups is 1. The molecule has 0 radical (unpaired) electrons. The number of benzene rings is 1. The number of rotatable bonds is 6. The summed E-state index contributed by atoms with van der Waals surface area (Å²) >= 11 is 1.86. The maximum atomic E-state index is 12.3. The second-order valence-corrected chi connectivity index (χ2v) is 7.94. The van der Waals surface area contributed by atoms with Gasteiger partial charge in [-0.3, -0.25) is 9.69 Å². The summed E-state index contributed by atoms with van der Waals surface area (Å²) in [4.78, 5) is 22.1. The van der Waals surface area contributed by atoms with Crippen LogP contribution in [0.5, 0.6) is 0 Å². The minimum Gasteiger partial charge on any atom is -0.405 e. The fourth-order valence-corrected chi connectivity index (χ4v) is 4.34. The monoisotopic (exact) mass is 371 g/mol. The Hall–Kier alpha value is -2.12. The lowest BCUT2D eigenvalue weighted by atomic mass is 10.1. The van der Waals surface area contributed by atoms with Crippen LogP contribution in [0, 0.1) is 12.3 Å². The van der Waals surface area contributed by atoms with Crippen molar-refractivity contribution in [3.8, 4) is 0 Å². The van der Waals surface area contributed by atoms with Crippen LogP contribution < -0.4 is 11.3 Å². The number of hydrogen-bond donors (Lipinski definition) is 3. The van der Waals surface area contributed by atoms with Crippen molar-refractivity contribution in [3.63, 3.8) is 0 Å². The van der Waals surface area contributed by atoms with Gasteiger partial charge in [-0.25, -0.2) is 4.98 Å². The van der Waals surface area contributed by atoms with Gasteiger partial charge >= 0.3 is 0 Å². The molecule has 0 saturated carbocycles. The number of piperidine rings is 1. The molecule has 1 aliphatic rings. The van der Waals surface area contributed by atoms with Crippen molar-refractivity contribution in [2.45, 2.75) is 30.8 Å². The highest BCUT2D eigenvalue weighted by atomic mass is 32.2. The van der Waals surface area contributed by atoms with Crippen molar-refractivity contribution in [1.29, 1.82) is 5.41 Å². The lowest BCUT2D eigenvalue weighted by Gasteiger charge is -2.31. The molecular formula is C19H25N5OS. The Morgan fingerprint density at radius 3 is 2.96 bits per heavy atom. The second kappa shape index (κ2) is 8.51. The van der Waals surface area contributed by atoms with Gasteiger partial charge in [0.1, 0.15) is 5.82 Å². The van der Waals surface area contributed by atoms with Crippen molar-refractivity contribution >= 4 is 28.4 Å². The molecule has 1 aliphatic heterocycles. The highest BCUT2D eigenvalue weighted by molar-refractivity contribution is 7.99. The van der Waals surface area contributed by atoms with Gasteiger partial charge in [0, 0.05) is 17.5 Å². The highest BCUT2D eigenvalue weighted by Gasteiger charge is 2.20.